The van der Waals surface area contributed by atoms with Gasteiger partial charge in [0.2, 0.25) is 0 Å². The summed E-state index contributed by atoms with van der Waals surface area (Å²) in [7, 11) is 0. The molecule has 1 saturated heterocycles. The van der Waals surface area contributed by atoms with Crippen molar-refractivity contribution in [2.24, 2.45) is 11.8 Å². The molecule has 1 aromatic carbocycles. The van der Waals surface area contributed by atoms with Crippen LogP contribution in [0.5, 0.6) is 5.75 Å². The third-order valence-electron chi connectivity index (χ3n) is 5.94. The predicted octanol–water partition coefficient (Wildman–Crippen LogP) is 3.97. The molecule has 8 heteroatoms. The van der Waals surface area contributed by atoms with Crippen LogP contribution in [0.25, 0.3) is 10.6 Å². The highest BCUT2D eigenvalue weighted by Gasteiger charge is 2.43. The van der Waals surface area contributed by atoms with Crippen LogP contribution in [0.15, 0.2) is 48.1 Å². The number of rotatable bonds is 4. The van der Waals surface area contributed by atoms with Gasteiger partial charge in [0, 0.05) is 43.4 Å². The normalized spacial score (nSPS) is 22.8. The van der Waals surface area contributed by atoms with Gasteiger partial charge in [0.1, 0.15) is 16.5 Å². The Balaban J connectivity index is 1.20. The van der Waals surface area contributed by atoms with Gasteiger partial charge < -0.3 is 9.64 Å². The maximum Gasteiger partial charge on any atom is 0.344 e. The number of ketones is 1. The topological polar surface area (TPSA) is 77.3 Å². The fraction of sp³-hybridized carbons (Fsp3) is 0.364. The van der Waals surface area contributed by atoms with Crippen LogP contribution in [-0.2, 0) is 0 Å². The highest BCUT2D eigenvalue weighted by molar-refractivity contribution is 7.13. The molecule has 3 atom stereocenters. The number of aromatic nitrogens is 3. The number of ether oxygens (including phenoxy) is 1. The van der Waals surface area contributed by atoms with E-state index in [0.29, 0.717) is 30.6 Å². The molecule has 3 heterocycles. The molecular weight excluding hydrogens is 400 g/mol. The average molecular weight is 423 g/mol. The van der Waals surface area contributed by atoms with Gasteiger partial charge in [0.15, 0.2) is 5.78 Å². The maximum atomic E-state index is 12.7. The second-order valence-corrected chi connectivity index (χ2v) is 8.88. The second kappa shape index (κ2) is 7.68. The first-order valence-corrected chi connectivity index (χ1v) is 11.0. The standard InChI is InChI=1S/C22H22N4O3S/c1-14(27)20-5-7-26(24-20)22(28)25-12-16-10-19(11-17(16)13-25)29-18-4-2-3-15(9-18)21-23-6-8-30-21/h2-9,16-17,19H,10-13H2,1H3/t16-,17+,19+. The molecule has 1 aliphatic carbocycles. The van der Waals surface area contributed by atoms with Crippen LogP contribution in [0.1, 0.15) is 30.3 Å². The molecule has 0 unspecified atom stereocenters. The maximum absolute atomic E-state index is 12.7. The van der Waals surface area contributed by atoms with E-state index in [0.717, 1.165) is 29.2 Å². The minimum Gasteiger partial charge on any atom is -0.490 e. The van der Waals surface area contributed by atoms with Crippen LogP contribution in [-0.4, -0.2) is 50.7 Å². The van der Waals surface area contributed by atoms with E-state index in [9.17, 15) is 9.59 Å². The van der Waals surface area contributed by atoms with E-state index >= 15 is 0 Å². The Morgan fingerprint density at radius 2 is 1.97 bits per heavy atom. The van der Waals surface area contributed by atoms with Gasteiger partial charge in [0.05, 0.1) is 6.10 Å². The second-order valence-electron chi connectivity index (χ2n) is 7.99. The van der Waals surface area contributed by atoms with Gasteiger partial charge >= 0.3 is 6.03 Å². The number of nitrogens with zero attached hydrogens (tertiary/aromatic N) is 4. The number of carbonyl (C=O) groups excluding carboxylic acids is 2. The number of likely N-dealkylation sites (tertiary alicyclic amines) is 1. The van der Waals surface area contributed by atoms with Crippen molar-refractivity contribution in [3.63, 3.8) is 0 Å². The summed E-state index contributed by atoms with van der Waals surface area (Å²) in [5, 5.41) is 7.06. The Morgan fingerprint density at radius 3 is 2.63 bits per heavy atom. The molecule has 154 valence electrons. The van der Waals surface area contributed by atoms with Crippen LogP contribution in [0.4, 0.5) is 4.79 Å². The molecular formula is C22H22N4O3S. The molecule has 0 bridgehead atoms. The van der Waals surface area contributed by atoms with E-state index in [-0.39, 0.29) is 17.9 Å². The monoisotopic (exact) mass is 422 g/mol. The van der Waals surface area contributed by atoms with Crippen LogP contribution in [0.2, 0.25) is 0 Å². The van der Waals surface area contributed by atoms with E-state index in [1.165, 1.54) is 11.6 Å². The van der Waals surface area contributed by atoms with Gasteiger partial charge in [0.25, 0.3) is 0 Å². The van der Waals surface area contributed by atoms with Gasteiger partial charge in [-0.2, -0.15) is 9.78 Å². The van der Waals surface area contributed by atoms with Crippen molar-refractivity contribution in [3.8, 4) is 16.3 Å². The van der Waals surface area contributed by atoms with E-state index < -0.39 is 0 Å². The van der Waals surface area contributed by atoms with Gasteiger partial charge in [-0.05, 0) is 42.9 Å². The molecule has 30 heavy (non-hydrogen) atoms. The SMILES string of the molecule is CC(=O)c1ccn(C(=O)N2C[C@H]3C[C@H](Oc4cccc(-c5nccs5)c4)C[C@H]3C2)n1. The molecule has 2 aliphatic rings. The Morgan fingerprint density at radius 1 is 1.17 bits per heavy atom. The van der Waals surface area contributed by atoms with Gasteiger partial charge in [-0.3, -0.25) is 4.79 Å². The van der Waals surface area contributed by atoms with Gasteiger partial charge in [-0.25, -0.2) is 9.78 Å². The van der Waals surface area contributed by atoms with Crippen molar-refractivity contribution in [1.82, 2.24) is 19.7 Å². The summed E-state index contributed by atoms with van der Waals surface area (Å²) >= 11 is 1.62. The third-order valence-corrected chi connectivity index (χ3v) is 6.76. The number of fused-ring (bicyclic) bond motifs is 1. The van der Waals surface area contributed by atoms with Crippen molar-refractivity contribution >= 4 is 23.2 Å². The molecule has 0 spiro atoms. The first-order valence-electron chi connectivity index (χ1n) is 10.1. The summed E-state index contributed by atoms with van der Waals surface area (Å²) < 4.78 is 7.55. The van der Waals surface area contributed by atoms with Gasteiger partial charge in [-0.15, -0.1) is 11.3 Å². The van der Waals surface area contributed by atoms with Crippen LogP contribution in [0.3, 0.4) is 0 Å². The quantitative estimate of drug-likeness (QED) is 0.595. The van der Waals surface area contributed by atoms with Crippen molar-refractivity contribution in [2.75, 3.05) is 13.1 Å². The molecule has 3 aromatic rings. The Kier molecular flexibility index (Phi) is 4.86. The largest absolute Gasteiger partial charge is 0.490 e. The molecule has 5 rings (SSSR count). The molecule has 0 radical (unpaired) electrons. The van der Waals surface area contributed by atoms with Crippen LogP contribution < -0.4 is 4.74 Å². The molecule has 1 amide bonds. The Hall–Kier alpha value is -3.00. The Labute approximate surface area is 178 Å². The van der Waals surface area contributed by atoms with Gasteiger partial charge in [-0.1, -0.05) is 12.1 Å². The number of carbonyl (C=O) groups is 2. The predicted molar refractivity (Wildman–Crippen MR) is 113 cm³/mol. The summed E-state index contributed by atoms with van der Waals surface area (Å²) in [4.78, 5) is 30.3. The molecule has 2 aromatic heterocycles. The number of benzene rings is 1. The van der Waals surface area contributed by atoms with Crippen molar-refractivity contribution in [3.05, 3.63) is 53.8 Å². The molecule has 2 fully saturated rings. The summed E-state index contributed by atoms with van der Waals surface area (Å²) in [6.45, 7) is 2.86. The minimum atomic E-state index is -0.162. The van der Waals surface area contributed by atoms with Crippen molar-refractivity contribution in [1.29, 1.82) is 0 Å². The van der Waals surface area contributed by atoms with E-state index in [1.807, 2.05) is 40.7 Å². The highest BCUT2D eigenvalue weighted by atomic mass is 32.1. The smallest absolute Gasteiger partial charge is 0.344 e. The summed E-state index contributed by atoms with van der Waals surface area (Å²) in [5.41, 5.74) is 1.39. The van der Waals surface area contributed by atoms with Crippen molar-refractivity contribution in [2.45, 2.75) is 25.9 Å². The van der Waals surface area contributed by atoms with E-state index in [1.54, 1.807) is 23.6 Å². The Bertz CT molecular complexity index is 1060. The van der Waals surface area contributed by atoms with Crippen molar-refractivity contribution < 1.29 is 14.3 Å². The van der Waals surface area contributed by atoms with E-state index in [4.69, 9.17) is 4.74 Å². The number of hydrogen-bond donors (Lipinski definition) is 0. The van der Waals surface area contributed by atoms with Crippen LogP contribution >= 0.6 is 11.3 Å². The fourth-order valence-electron chi connectivity index (χ4n) is 4.52. The molecule has 0 N–H and O–H groups in total. The molecule has 7 nitrogen and oxygen atoms in total. The molecule has 1 aliphatic heterocycles. The van der Waals surface area contributed by atoms with E-state index in [2.05, 4.69) is 10.1 Å². The third kappa shape index (κ3) is 3.63. The summed E-state index contributed by atoms with van der Waals surface area (Å²) in [6.07, 6.45) is 5.41. The summed E-state index contributed by atoms with van der Waals surface area (Å²) in [5.74, 6) is 1.60. The lowest BCUT2D eigenvalue weighted by molar-refractivity contribution is 0.101. The lowest BCUT2D eigenvalue weighted by atomic mass is 10.0. The fourth-order valence-corrected chi connectivity index (χ4v) is 5.16. The average Bonchev–Trinajstić information content (AvgIpc) is 3.50. The summed E-state index contributed by atoms with van der Waals surface area (Å²) in [6, 6.07) is 9.51. The lowest BCUT2D eigenvalue weighted by Gasteiger charge is -2.20. The lowest BCUT2D eigenvalue weighted by Crippen LogP contribution is -2.34. The number of Topliss-reactive ketones (excluding diaryl/α,β-unsaturated/α-hetero) is 1. The zero-order chi connectivity index (χ0) is 20.7. The number of hydrogen-bond acceptors (Lipinski definition) is 6. The highest BCUT2D eigenvalue weighted by Crippen LogP contribution is 2.40. The zero-order valence-corrected chi connectivity index (χ0v) is 17.4. The first kappa shape index (κ1) is 19.0. The number of amides is 1. The first-order chi connectivity index (χ1) is 14.6. The zero-order valence-electron chi connectivity index (χ0n) is 16.6. The van der Waals surface area contributed by atoms with Crippen LogP contribution in [0, 0.1) is 11.8 Å². The number of thiazole rings is 1. The molecule has 1 saturated carbocycles. The minimum absolute atomic E-state index is 0.140.